The molecule has 5 heteroatoms. The van der Waals surface area contributed by atoms with Crippen LogP contribution in [0.25, 0.3) is 0 Å². The molecular weight excluding hydrogens is 234 g/mol. The highest BCUT2D eigenvalue weighted by Gasteiger charge is 2.18. The number of hydrazine groups is 1. The molecule has 1 aromatic rings. The van der Waals surface area contributed by atoms with Crippen molar-refractivity contribution in [2.45, 2.75) is 26.2 Å². The second kappa shape index (κ2) is 5.62. The highest BCUT2D eigenvalue weighted by Crippen LogP contribution is 2.26. The summed E-state index contributed by atoms with van der Waals surface area (Å²) < 4.78 is 0. The lowest BCUT2D eigenvalue weighted by Gasteiger charge is -2.18. The van der Waals surface area contributed by atoms with E-state index in [1.165, 1.54) is 23.4 Å². The number of nitrogens with one attached hydrogen (secondary N) is 1. The van der Waals surface area contributed by atoms with E-state index in [-0.39, 0.29) is 5.91 Å². The lowest BCUT2D eigenvalue weighted by molar-refractivity contribution is 0.0957. The number of amides is 1. The molecule has 0 aliphatic carbocycles. The molecule has 1 aliphatic rings. The van der Waals surface area contributed by atoms with Crippen LogP contribution in [0.3, 0.4) is 0 Å². The summed E-state index contributed by atoms with van der Waals surface area (Å²) in [7, 11) is 0. The molecule has 0 spiro atoms. The Kier molecular flexibility index (Phi) is 4.15. The SMILES string of the molecule is CCCN1CCc2cc(C(=O)NN)sc2CC1. The zero-order valence-corrected chi connectivity index (χ0v) is 11.0. The molecule has 0 aromatic carbocycles. The van der Waals surface area contributed by atoms with Crippen molar-refractivity contribution in [2.24, 2.45) is 5.84 Å². The minimum atomic E-state index is -0.173. The number of nitrogen functional groups attached to an aromatic ring is 1. The van der Waals surface area contributed by atoms with Crippen LogP contribution >= 0.6 is 11.3 Å². The number of carbonyl (C=O) groups excluding carboxylic acids is 1. The zero-order chi connectivity index (χ0) is 12.3. The molecule has 0 radical (unpaired) electrons. The van der Waals surface area contributed by atoms with Crippen molar-refractivity contribution >= 4 is 17.2 Å². The Labute approximate surface area is 106 Å². The molecule has 1 aliphatic heterocycles. The van der Waals surface area contributed by atoms with Gasteiger partial charge in [0.2, 0.25) is 0 Å². The van der Waals surface area contributed by atoms with Crippen molar-refractivity contribution in [1.82, 2.24) is 10.3 Å². The number of nitrogens with zero attached hydrogens (tertiary/aromatic N) is 1. The predicted octanol–water partition coefficient (Wildman–Crippen LogP) is 1.16. The van der Waals surface area contributed by atoms with Crippen LogP contribution in [0.15, 0.2) is 6.07 Å². The molecule has 0 saturated heterocycles. The van der Waals surface area contributed by atoms with Crippen molar-refractivity contribution in [3.05, 3.63) is 21.4 Å². The fourth-order valence-corrected chi connectivity index (χ4v) is 3.37. The standard InChI is InChI=1S/C12H19N3OS/c1-2-5-15-6-3-9-8-11(12(16)14-13)17-10(9)4-7-15/h8H,2-7,13H2,1H3,(H,14,16). The quantitative estimate of drug-likeness (QED) is 0.483. The molecule has 4 nitrogen and oxygen atoms in total. The third kappa shape index (κ3) is 2.86. The Morgan fingerprint density at radius 2 is 2.29 bits per heavy atom. The van der Waals surface area contributed by atoms with Gasteiger partial charge in [-0.1, -0.05) is 6.92 Å². The smallest absolute Gasteiger partial charge is 0.275 e. The van der Waals surface area contributed by atoms with E-state index >= 15 is 0 Å². The Morgan fingerprint density at radius 3 is 3.00 bits per heavy atom. The molecule has 0 atom stereocenters. The molecule has 0 saturated carbocycles. The first-order valence-electron chi connectivity index (χ1n) is 6.09. The fourth-order valence-electron chi connectivity index (χ4n) is 2.26. The van der Waals surface area contributed by atoms with Crippen LogP contribution in [0.1, 0.15) is 33.5 Å². The van der Waals surface area contributed by atoms with Crippen molar-refractivity contribution in [1.29, 1.82) is 0 Å². The molecule has 0 unspecified atom stereocenters. The van der Waals surface area contributed by atoms with Crippen LogP contribution in [0.5, 0.6) is 0 Å². The second-order valence-electron chi connectivity index (χ2n) is 4.37. The minimum absolute atomic E-state index is 0.173. The average molecular weight is 253 g/mol. The highest BCUT2D eigenvalue weighted by atomic mass is 32.1. The van der Waals surface area contributed by atoms with E-state index in [0.717, 1.165) is 30.8 Å². The Balaban J connectivity index is 2.08. The molecule has 0 fully saturated rings. The van der Waals surface area contributed by atoms with E-state index < -0.39 is 0 Å². The molecule has 2 rings (SSSR count). The van der Waals surface area contributed by atoms with Crippen LogP contribution < -0.4 is 11.3 Å². The first-order valence-corrected chi connectivity index (χ1v) is 6.91. The number of rotatable bonds is 3. The number of fused-ring (bicyclic) bond motifs is 1. The summed E-state index contributed by atoms with van der Waals surface area (Å²) in [5.41, 5.74) is 3.52. The Morgan fingerprint density at radius 1 is 1.53 bits per heavy atom. The van der Waals surface area contributed by atoms with Gasteiger partial charge in [-0.2, -0.15) is 0 Å². The molecule has 1 aromatic heterocycles. The lowest BCUT2D eigenvalue weighted by atomic mass is 10.1. The summed E-state index contributed by atoms with van der Waals surface area (Å²) in [6.07, 6.45) is 3.30. The van der Waals surface area contributed by atoms with Gasteiger partial charge in [-0.25, -0.2) is 5.84 Å². The maximum absolute atomic E-state index is 11.4. The Hall–Kier alpha value is -0.910. The molecule has 0 bridgehead atoms. The van der Waals surface area contributed by atoms with Gasteiger partial charge in [0.1, 0.15) is 0 Å². The summed E-state index contributed by atoms with van der Waals surface area (Å²) in [4.78, 5) is 16.0. The molecule has 2 heterocycles. The fraction of sp³-hybridized carbons (Fsp3) is 0.583. The second-order valence-corrected chi connectivity index (χ2v) is 5.51. The predicted molar refractivity (Wildman–Crippen MR) is 70.1 cm³/mol. The summed E-state index contributed by atoms with van der Waals surface area (Å²) in [5.74, 6) is 4.98. The molecule has 1 amide bonds. The van der Waals surface area contributed by atoms with E-state index in [2.05, 4.69) is 17.2 Å². The normalized spacial score (nSPS) is 16.4. The number of hydrogen-bond donors (Lipinski definition) is 2. The van der Waals surface area contributed by atoms with Crippen LogP contribution in [0.4, 0.5) is 0 Å². The van der Waals surface area contributed by atoms with Crippen LogP contribution in [-0.4, -0.2) is 30.4 Å². The lowest BCUT2D eigenvalue weighted by Crippen LogP contribution is -2.29. The van der Waals surface area contributed by atoms with Gasteiger partial charge in [0.15, 0.2) is 0 Å². The highest BCUT2D eigenvalue weighted by molar-refractivity contribution is 7.14. The molecular formula is C12H19N3OS. The van der Waals surface area contributed by atoms with Crippen LogP contribution in [-0.2, 0) is 12.8 Å². The van der Waals surface area contributed by atoms with Gasteiger partial charge in [-0.15, -0.1) is 11.3 Å². The van der Waals surface area contributed by atoms with E-state index in [0.29, 0.717) is 0 Å². The first kappa shape index (κ1) is 12.5. The summed E-state index contributed by atoms with van der Waals surface area (Å²) in [5, 5.41) is 0. The van der Waals surface area contributed by atoms with Gasteiger partial charge in [0.25, 0.3) is 5.91 Å². The minimum Gasteiger partial charge on any atom is -0.303 e. The molecule has 17 heavy (non-hydrogen) atoms. The van der Waals surface area contributed by atoms with E-state index in [1.54, 1.807) is 11.3 Å². The largest absolute Gasteiger partial charge is 0.303 e. The monoisotopic (exact) mass is 253 g/mol. The van der Waals surface area contributed by atoms with Gasteiger partial charge in [-0.3, -0.25) is 10.2 Å². The summed E-state index contributed by atoms with van der Waals surface area (Å²) in [6.45, 7) is 5.59. The average Bonchev–Trinajstić information content (AvgIpc) is 2.66. The number of nitrogens with two attached hydrogens (primary N) is 1. The topological polar surface area (TPSA) is 58.4 Å². The van der Waals surface area contributed by atoms with Gasteiger partial charge in [0, 0.05) is 18.0 Å². The van der Waals surface area contributed by atoms with Crippen molar-refractivity contribution in [3.63, 3.8) is 0 Å². The maximum atomic E-state index is 11.4. The van der Waals surface area contributed by atoms with E-state index in [9.17, 15) is 4.79 Å². The third-order valence-corrected chi connectivity index (χ3v) is 4.38. The number of hydrogen-bond acceptors (Lipinski definition) is 4. The van der Waals surface area contributed by atoms with Gasteiger partial charge in [0.05, 0.1) is 4.88 Å². The molecule has 94 valence electrons. The van der Waals surface area contributed by atoms with Gasteiger partial charge >= 0.3 is 0 Å². The number of thiophene rings is 1. The van der Waals surface area contributed by atoms with Crippen molar-refractivity contribution in [2.75, 3.05) is 19.6 Å². The van der Waals surface area contributed by atoms with Crippen LogP contribution in [0.2, 0.25) is 0 Å². The van der Waals surface area contributed by atoms with Gasteiger partial charge < -0.3 is 4.90 Å². The maximum Gasteiger partial charge on any atom is 0.275 e. The molecule has 3 N–H and O–H groups in total. The van der Waals surface area contributed by atoms with Crippen molar-refractivity contribution < 1.29 is 4.79 Å². The van der Waals surface area contributed by atoms with E-state index in [4.69, 9.17) is 5.84 Å². The first-order chi connectivity index (χ1) is 8.24. The zero-order valence-electron chi connectivity index (χ0n) is 10.2. The van der Waals surface area contributed by atoms with Crippen LogP contribution in [0, 0.1) is 0 Å². The van der Waals surface area contributed by atoms with E-state index in [1.807, 2.05) is 6.07 Å². The Bertz CT molecular complexity index is 377. The number of carbonyl (C=O) groups is 1. The van der Waals surface area contributed by atoms with Gasteiger partial charge in [-0.05, 0) is 37.4 Å². The third-order valence-electron chi connectivity index (χ3n) is 3.14. The summed E-state index contributed by atoms with van der Waals surface area (Å²) >= 11 is 1.58. The summed E-state index contributed by atoms with van der Waals surface area (Å²) in [6, 6.07) is 2.00. The van der Waals surface area contributed by atoms with Crippen molar-refractivity contribution in [3.8, 4) is 0 Å².